The fraction of sp³-hybridized carbons (Fsp3) is 0.333. The number of nitrogens with zero attached hydrogens (tertiary/aromatic N) is 4. The third kappa shape index (κ3) is 4.06. The van der Waals surface area contributed by atoms with Gasteiger partial charge in [0.1, 0.15) is 23.2 Å². The molecule has 1 aromatic carbocycles. The normalized spacial score (nSPS) is 19.8. The van der Waals surface area contributed by atoms with Gasteiger partial charge in [-0.25, -0.2) is 24.3 Å². The first-order chi connectivity index (χ1) is 13.1. The van der Waals surface area contributed by atoms with Crippen LogP contribution in [0, 0.1) is 5.82 Å². The lowest BCUT2D eigenvalue weighted by atomic mass is 9.92. The number of anilines is 3. The van der Waals surface area contributed by atoms with E-state index in [9.17, 15) is 4.39 Å². The maximum absolute atomic E-state index is 13.4. The zero-order valence-corrected chi connectivity index (χ0v) is 15.2. The largest absolute Gasteiger partial charge is 0.351 e. The molecular weight excluding hydrogens is 369 g/mol. The molecule has 4 rings (SSSR count). The van der Waals surface area contributed by atoms with Crippen LogP contribution in [0.3, 0.4) is 0 Å². The minimum atomic E-state index is -0.476. The summed E-state index contributed by atoms with van der Waals surface area (Å²) < 4.78 is 13.4. The Morgan fingerprint density at radius 3 is 2.70 bits per heavy atom. The van der Waals surface area contributed by atoms with E-state index in [4.69, 9.17) is 17.3 Å². The molecule has 27 heavy (non-hydrogen) atoms. The Morgan fingerprint density at radius 1 is 1.11 bits per heavy atom. The first-order valence-electron chi connectivity index (χ1n) is 8.80. The molecule has 0 spiro atoms. The molecule has 2 aromatic heterocycles. The average molecular weight is 388 g/mol. The summed E-state index contributed by atoms with van der Waals surface area (Å²) in [5.41, 5.74) is 7.75. The van der Waals surface area contributed by atoms with Crippen LogP contribution in [0.4, 0.5) is 21.8 Å². The van der Waals surface area contributed by atoms with E-state index in [1.807, 2.05) is 0 Å². The molecule has 9 heteroatoms. The van der Waals surface area contributed by atoms with E-state index in [1.165, 1.54) is 18.5 Å². The van der Waals surface area contributed by atoms with Gasteiger partial charge in [-0.2, -0.15) is 0 Å². The Labute approximate surface area is 160 Å². The van der Waals surface area contributed by atoms with Crippen molar-refractivity contribution in [3.63, 3.8) is 0 Å². The second kappa shape index (κ2) is 7.58. The van der Waals surface area contributed by atoms with Gasteiger partial charge in [-0.15, -0.1) is 0 Å². The minimum Gasteiger partial charge on any atom is -0.351 e. The van der Waals surface area contributed by atoms with Gasteiger partial charge >= 0.3 is 0 Å². The Balaban J connectivity index is 1.60. The highest BCUT2D eigenvalue weighted by Gasteiger charge is 2.19. The number of nitrogens with two attached hydrogens (primary N) is 1. The fourth-order valence-electron chi connectivity index (χ4n) is 3.17. The molecule has 4 N–H and O–H groups in total. The Hall–Kier alpha value is -2.58. The number of fused-ring (bicyclic) bond motifs is 1. The first kappa shape index (κ1) is 17.8. The van der Waals surface area contributed by atoms with E-state index in [0.717, 1.165) is 25.7 Å². The molecule has 1 aliphatic carbocycles. The molecule has 1 aliphatic rings. The fourth-order valence-corrected chi connectivity index (χ4v) is 3.35. The minimum absolute atomic E-state index is 0.0332. The summed E-state index contributed by atoms with van der Waals surface area (Å²) >= 11 is 5.85. The Kier molecular flexibility index (Phi) is 5.00. The maximum Gasteiger partial charge on any atom is 0.223 e. The molecule has 1 saturated carbocycles. The van der Waals surface area contributed by atoms with Crippen LogP contribution in [0.5, 0.6) is 0 Å². The van der Waals surface area contributed by atoms with E-state index in [2.05, 4.69) is 30.6 Å². The molecule has 0 radical (unpaired) electrons. The maximum atomic E-state index is 13.4. The predicted molar refractivity (Wildman–Crippen MR) is 104 cm³/mol. The van der Waals surface area contributed by atoms with Crippen LogP contribution < -0.4 is 16.4 Å². The van der Waals surface area contributed by atoms with Crippen molar-refractivity contribution < 1.29 is 4.39 Å². The average Bonchev–Trinajstić information content (AvgIpc) is 2.67. The lowest BCUT2D eigenvalue weighted by Crippen LogP contribution is -2.33. The van der Waals surface area contributed by atoms with Gasteiger partial charge < -0.3 is 16.4 Å². The van der Waals surface area contributed by atoms with Crippen LogP contribution in [0.25, 0.3) is 11.0 Å². The molecule has 0 unspecified atom stereocenters. The molecule has 0 bridgehead atoms. The predicted octanol–water partition coefficient (Wildman–Crippen LogP) is 3.64. The number of aromatic nitrogens is 4. The summed E-state index contributed by atoms with van der Waals surface area (Å²) in [7, 11) is 0. The van der Waals surface area contributed by atoms with Crippen molar-refractivity contribution in [2.24, 2.45) is 5.73 Å². The first-order valence-corrected chi connectivity index (χ1v) is 9.18. The number of benzene rings is 1. The highest BCUT2D eigenvalue weighted by molar-refractivity contribution is 6.31. The number of hydrogen-bond acceptors (Lipinski definition) is 7. The topological polar surface area (TPSA) is 102 Å². The number of hydrogen-bond donors (Lipinski definition) is 3. The van der Waals surface area contributed by atoms with Crippen LogP contribution in [0.1, 0.15) is 25.7 Å². The van der Waals surface area contributed by atoms with Gasteiger partial charge in [0.25, 0.3) is 0 Å². The van der Waals surface area contributed by atoms with Gasteiger partial charge in [-0.1, -0.05) is 11.6 Å². The lowest BCUT2D eigenvalue weighted by molar-refractivity contribution is 0.410. The van der Waals surface area contributed by atoms with Gasteiger partial charge in [-0.3, -0.25) is 0 Å². The van der Waals surface area contributed by atoms with Crippen molar-refractivity contribution >= 4 is 40.1 Å². The van der Waals surface area contributed by atoms with E-state index < -0.39 is 5.82 Å². The van der Waals surface area contributed by atoms with Crippen LogP contribution in [-0.2, 0) is 0 Å². The summed E-state index contributed by atoms with van der Waals surface area (Å²) in [4.78, 5) is 17.4. The van der Waals surface area contributed by atoms with Crippen molar-refractivity contribution in [3.05, 3.63) is 41.6 Å². The smallest absolute Gasteiger partial charge is 0.223 e. The molecule has 7 nitrogen and oxygen atoms in total. The summed E-state index contributed by atoms with van der Waals surface area (Å²) in [5, 5.41) is 6.52. The van der Waals surface area contributed by atoms with Crippen molar-refractivity contribution in [3.8, 4) is 0 Å². The monoisotopic (exact) mass is 387 g/mol. The second-order valence-corrected chi connectivity index (χ2v) is 7.07. The zero-order valence-electron chi connectivity index (χ0n) is 14.5. The molecule has 1 fully saturated rings. The molecule has 2 heterocycles. The molecule has 0 aliphatic heterocycles. The van der Waals surface area contributed by atoms with Crippen molar-refractivity contribution in [2.45, 2.75) is 37.8 Å². The highest BCUT2D eigenvalue weighted by atomic mass is 35.5. The van der Waals surface area contributed by atoms with E-state index >= 15 is 0 Å². The van der Waals surface area contributed by atoms with Crippen molar-refractivity contribution in [2.75, 3.05) is 10.6 Å². The third-order valence-electron chi connectivity index (χ3n) is 4.66. The van der Waals surface area contributed by atoms with Crippen molar-refractivity contribution in [1.29, 1.82) is 0 Å². The Bertz CT molecular complexity index is 960. The quantitative estimate of drug-likeness (QED) is 0.628. The second-order valence-electron chi connectivity index (χ2n) is 6.66. The lowest BCUT2D eigenvalue weighted by Gasteiger charge is -2.26. The third-order valence-corrected chi connectivity index (χ3v) is 4.95. The van der Waals surface area contributed by atoms with Crippen LogP contribution in [0.2, 0.25) is 5.02 Å². The van der Waals surface area contributed by atoms with Crippen LogP contribution >= 0.6 is 11.6 Å². The molecule has 140 valence electrons. The molecule has 0 amide bonds. The van der Waals surface area contributed by atoms with E-state index in [0.29, 0.717) is 34.5 Å². The SMILES string of the molecule is N[C@H]1CC[C@H](Nc2ncc3ncnc(Nc4ccc(F)c(Cl)c4)c3n2)CC1. The summed E-state index contributed by atoms with van der Waals surface area (Å²) in [6.45, 7) is 0. The summed E-state index contributed by atoms with van der Waals surface area (Å²) in [6.07, 6.45) is 7.05. The number of nitrogens with one attached hydrogen (secondary N) is 2. The van der Waals surface area contributed by atoms with Gasteiger partial charge in [-0.05, 0) is 43.9 Å². The molecular formula is C18H19ClFN7. The molecule has 3 aromatic rings. The van der Waals surface area contributed by atoms with Gasteiger partial charge in [0.05, 0.1) is 11.2 Å². The molecule has 0 saturated heterocycles. The summed E-state index contributed by atoms with van der Waals surface area (Å²) in [5.74, 6) is 0.549. The molecule has 0 atom stereocenters. The van der Waals surface area contributed by atoms with Gasteiger partial charge in [0.15, 0.2) is 5.82 Å². The van der Waals surface area contributed by atoms with Gasteiger partial charge in [0.2, 0.25) is 5.95 Å². The van der Waals surface area contributed by atoms with Crippen LogP contribution in [0.15, 0.2) is 30.7 Å². The highest BCUT2D eigenvalue weighted by Crippen LogP contribution is 2.26. The van der Waals surface area contributed by atoms with Crippen LogP contribution in [-0.4, -0.2) is 32.0 Å². The summed E-state index contributed by atoms with van der Waals surface area (Å²) in [6, 6.07) is 4.97. The number of halogens is 2. The zero-order chi connectivity index (χ0) is 18.8. The van der Waals surface area contributed by atoms with Gasteiger partial charge in [0, 0.05) is 17.8 Å². The Morgan fingerprint density at radius 2 is 1.93 bits per heavy atom. The standard InChI is InChI=1S/C18H19ClFN7/c19-13-7-12(5-6-14(13)20)25-17-16-15(23-9-24-17)8-22-18(27-16)26-11-3-1-10(21)2-4-11/h5-11H,1-4,21H2,(H,22,26,27)(H,23,24,25)/t10-,11-. The van der Waals surface area contributed by atoms with Crippen molar-refractivity contribution in [1.82, 2.24) is 19.9 Å². The number of rotatable bonds is 4. The van der Waals surface area contributed by atoms with E-state index in [-0.39, 0.29) is 11.1 Å². The van der Waals surface area contributed by atoms with E-state index in [1.54, 1.807) is 12.3 Å².